The van der Waals surface area contributed by atoms with Gasteiger partial charge in [0, 0.05) is 23.2 Å². The largest absolute Gasteiger partial charge is 0.478 e. The molecule has 0 radical (unpaired) electrons. The van der Waals surface area contributed by atoms with Crippen molar-refractivity contribution in [3.8, 4) is 5.75 Å². The molecule has 1 aliphatic heterocycles. The number of carbonyl (C=O) groups excluding carboxylic acids is 2. The highest BCUT2D eigenvalue weighted by atomic mass is 35.5. The molecule has 3 aromatic rings. The van der Waals surface area contributed by atoms with E-state index in [4.69, 9.17) is 51.8 Å². The van der Waals surface area contributed by atoms with E-state index in [2.05, 4.69) is 22.7 Å². The number of anilines is 2. The molecule has 4 rings (SSSR count). The number of rotatable bonds is 19. The molecule has 0 spiro atoms. The summed E-state index contributed by atoms with van der Waals surface area (Å²) in [5, 5.41) is 22.2. The van der Waals surface area contributed by atoms with E-state index >= 15 is 0 Å². The van der Waals surface area contributed by atoms with Crippen LogP contribution in [0.4, 0.5) is 17.1 Å². The molecule has 54 heavy (non-hydrogen) atoms. The van der Waals surface area contributed by atoms with Crippen molar-refractivity contribution in [3.63, 3.8) is 0 Å². The van der Waals surface area contributed by atoms with E-state index < -0.39 is 23.1 Å². The van der Waals surface area contributed by atoms with E-state index in [0.717, 1.165) is 54.2 Å². The number of amides is 2. The predicted octanol–water partition coefficient (Wildman–Crippen LogP) is 10.7. The Bertz CT molecular complexity index is 1840. The monoisotopic (exact) mass is 834 g/mol. The number of aliphatic imine (C=N–C) groups is 1. The van der Waals surface area contributed by atoms with Crippen LogP contribution in [-0.4, -0.2) is 49.4 Å². The maximum Gasteiger partial charge on any atom is 0.335 e. The van der Waals surface area contributed by atoms with Crippen LogP contribution in [-0.2, 0) is 9.59 Å². The molecule has 3 aromatic carbocycles. The molecule has 2 amide bonds. The van der Waals surface area contributed by atoms with Crippen LogP contribution >= 0.6 is 58.8 Å². The Morgan fingerprint density at radius 2 is 1.44 bits per heavy atom. The maximum absolute atomic E-state index is 13.9. The van der Waals surface area contributed by atoms with Crippen LogP contribution in [0.1, 0.15) is 105 Å². The number of amidine groups is 1. The normalized spacial score (nSPS) is 14.6. The number of hydrazine groups is 1. The summed E-state index contributed by atoms with van der Waals surface area (Å²) in [4.78, 5) is 54.4. The number of carboxylic acids is 2. The highest BCUT2D eigenvalue weighted by Gasteiger charge is 2.42. The zero-order chi connectivity index (χ0) is 39.2. The van der Waals surface area contributed by atoms with Crippen LogP contribution in [0.25, 0.3) is 0 Å². The molecule has 1 saturated heterocycles. The molecule has 0 aromatic heterocycles. The van der Waals surface area contributed by atoms with Gasteiger partial charge in [0.25, 0.3) is 5.91 Å². The second-order valence-corrected chi connectivity index (χ2v) is 15.5. The van der Waals surface area contributed by atoms with Crippen molar-refractivity contribution < 1.29 is 34.1 Å². The lowest BCUT2D eigenvalue weighted by molar-refractivity contribution is -0.117. The Morgan fingerprint density at radius 1 is 0.870 bits per heavy atom. The first-order chi connectivity index (χ1) is 25.9. The number of halogens is 3. The second-order valence-electron chi connectivity index (χ2n) is 12.6. The molecule has 1 heterocycles. The molecule has 1 atom stereocenters. The first-order valence-corrected chi connectivity index (χ1v) is 20.0. The summed E-state index contributed by atoms with van der Waals surface area (Å²) >= 11 is 25.3. The fourth-order valence-corrected chi connectivity index (χ4v) is 7.79. The molecule has 1 fully saturated rings. The van der Waals surface area contributed by atoms with Gasteiger partial charge >= 0.3 is 11.9 Å². The van der Waals surface area contributed by atoms with Crippen LogP contribution < -0.4 is 20.5 Å². The standard InChI is InChI=1S/C38H41Cl3N4O7S2/c1-2-3-4-5-6-7-8-9-10-11-12-16-31(46)42-26-14-13-15-28(22-26)52-38(53)54-33-34(43-27-18-23(36(48)49)17-24(19-27)37(50)51)44-45(35(33)47)32-29(40)20-25(39)21-30(32)41/h13-15,17-22,33H,2-12,16H2,1H3,(H,42,46)(H,43,44)(H,48,49)(H,50,51). The molecular weight excluding hydrogens is 795 g/mol. The van der Waals surface area contributed by atoms with Crippen LogP contribution in [0.3, 0.4) is 0 Å². The molecule has 11 nitrogen and oxygen atoms in total. The molecule has 0 aliphatic carbocycles. The van der Waals surface area contributed by atoms with E-state index in [-0.39, 0.29) is 53.7 Å². The Morgan fingerprint density at radius 3 is 2.02 bits per heavy atom. The zero-order valence-corrected chi connectivity index (χ0v) is 33.4. The molecule has 288 valence electrons. The van der Waals surface area contributed by atoms with E-state index in [0.29, 0.717) is 17.9 Å². The SMILES string of the molecule is CCCCCCCCCCCCCC(=O)Nc1cccc(OC(=S)SC2C(=O)N(c3c(Cl)cc(Cl)cc3Cl)NC2=Nc2cc(C(=O)O)cc(C(=O)O)c2)c1. The van der Waals surface area contributed by atoms with E-state index in [9.17, 15) is 29.4 Å². The number of aromatic carboxylic acids is 2. The van der Waals surface area contributed by atoms with Gasteiger partial charge in [-0.2, -0.15) is 0 Å². The number of hydrogen-bond acceptors (Lipinski definition) is 8. The highest BCUT2D eigenvalue weighted by molar-refractivity contribution is 8.23. The molecule has 16 heteroatoms. The zero-order valence-electron chi connectivity index (χ0n) is 29.5. The molecule has 0 bridgehead atoms. The minimum atomic E-state index is -1.37. The summed E-state index contributed by atoms with van der Waals surface area (Å²) in [6.07, 6.45) is 13.5. The van der Waals surface area contributed by atoms with Gasteiger partial charge in [-0.3, -0.25) is 15.0 Å². The topological polar surface area (TPSA) is 158 Å². The van der Waals surface area contributed by atoms with Crippen molar-refractivity contribution in [3.05, 3.63) is 80.8 Å². The first kappa shape index (κ1) is 42.9. The number of ether oxygens (including phenoxy) is 1. The number of nitrogens with one attached hydrogen (secondary N) is 2. The Balaban J connectivity index is 1.41. The van der Waals surface area contributed by atoms with E-state index in [1.165, 1.54) is 63.5 Å². The molecule has 0 saturated carbocycles. The van der Waals surface area contributed by atoms with Crippen molar-refractivity contribution in [2.45, 2.75) is 89.2 Å². The summed E-state index contributed by atoms with van der Waals surface area (Å²) in [6, 6.07) is 12.8. The summed E-state index contributed by atoms with van der Waals surface area (Å²) in [5.41, 5.74) is 2.71. The molecule has 1 unspecified atom stereocenters. The number of carbonyl (C=O) groups is 4. The van der Waals surface area contributed by atoms with Crippen LogP contribution in [0.2, 0.25) is 15.1 Å². The fourth-order valence-electron chi connectivity index (χ4n) is 5.66. The van der Waals surface area contributed by atoms with Crippen molar-refractivity contribution in [1.82, 2.24) is 5.43 Å². The van der Waals surface area contributed by atoms with Gasteiger partial charge < -0.3 is 20.3 Å². The van der Waals surface area contributed by atoms with Gasteiger partial charge in [0.2, 0.25) is 10.3 Å². The third-order valence-corrected chi connectivity index (χ3v) is 10.4. The predicted molar refractivity (Wildman–Crippen MR) is 220 cm³/mol. The van der Waals surface area contributed by atoms with Crippen molar-refractivity contribution >= 4 is 110 Å². The lowest BCUT2D eigenvalue weighted by Crippen LogP contribution is -2.36. The first-order valence-electron chi connectivity index (χ1n) is 17.6. The maximum atomic E-state index is 13.9. The Labute approximate surface area is 338 Å². The summed E-state index contributed by atoms with van der Waals surface area (Å²) < 4.78 is 5.80. The van der Waals surface area contributed by atoms with Crippen LogP contribution in [0.15, 0.2) is 59.6 Å². The minimum absolute atomic E-state index is 0.0414. The number of carboxylic acid groups (broad SMARTS) is 2. The van der Waals surface area contributed by atoms with Crippen LogP contribution in [0.5, 0.6) is 5.75 Å². The number of nitrogens with zero attached hydrogens (tertiary/aromatic N) is 2. The average Bonchev–Trinajstić information content (AvgIpc) is 3.39. The molecule has 4 N–H and O–H groups in total. The Hall–Kier alpha value is -3.88. The van der Waals surface area contributed by atoms with Gasteiger partial charge in [0.05, 0.1) is 26.9 Å². The summed E-state index contributed by atoms with van der Waals surface area (Å²) in [7, 11) is 0. The second kappa shape index (κ2) is 21.3. The minimum Gasteiger partial charge on any atom is -0.478 e. The number of thiocarbonyl (C=S) groups is 1. The molecule has 1 aliphatic rings. The van der Waals surface area contributed by atoms with Gasteiger partial charge in [-0.05, 0) is 61.1 Å². The van der Waals surface area contributed by atoms with E-state index in [1.807, 2.05) is 0 Å². The highest BCUT2D eigenvalue weighted by Crippen LogP contribution is 2.39. The smallest absolute Gasteiger partial charge is 0.335 e. The molecular formula is C38H41Cl3N4O7S2. The van der Waals surface area contributed by atoms with Crippen LogP contribution in [0, 0.1) is 0 Å². The quantitative estimate of drug-likeness (QED) is 0.0677. The van der Waals surface area contributed by atoms with Gasteiger partial charge in [-0.1, -0.05) is 124 Å². The number of thioether (sulfide) groups is 1. The third kappa shape index (κ3) is 12.9. The van der Waals surface area contributed by atoms with Crippen molar-refractivity contribution in [2.75, 3.05) is 10.3 Å². The summed E-state index contributed by atoms with van der Waals surface area (Å²) in [5.74, 6) is -3.21. The van der Waals surface area contributed by atoms with Gasteiger partial charge in [-0.15, -0.1) is 0 Å². The lowest BCUT2D eigenvalue weighted by atomic mass is 10.1. The van der Waals surface area contributed by atoms with E-state index in [1.54, 1.807) is 24.3 Å². The average molecular weight is 836 g/mol. The van der Waals surface area contributed by atoms with Gasteiger partial charge in [-0.25, -0.2) is 19.6 Å². The van der Waals surface area contributed by atoms with Crippen molar-refractivity contribution in [2.24, 2.45) is 4.99 Å². The Kier molecular flexibility index (Phi) is 16.9. The number of benzene rings is 3. The van der Waals surface area contributed by atoms with Gasteiger partial charge in [0.15, 0.2) is 5.25 Å². The number of hydrogen-bond donors (Lipinski definition) is 4. The third-order valence-electron chi connectivity index (χ3n) is 8.33. The summed E-state index contributed by atoms with van der Waals surface area (Å²) in [6.45, 7) is 2.22. The number of unbranched alkanes of at least 4 members (excludes halogenated alkanes) is 10. The van der Waals surface area contributed by atoms with Crippen molar-refractivity contribution in [1.29, 1.82) is 0 Å². The fraction of sp³-hybridized carbons (Fsp3) is 0.368. The lowest BCUT2D eigenvalue weighted by Gasteiger charge is -2.19. The van der Waals surface area contributed by atoms with Gasteiger partial charge in [0.1, 0.15) is 17.3 Å².